The molecule has 26 heavy (non-hydrogen) atoms. The Morgan fingerprint density at radius 2 is 1.73 bits per heavy atom. The average Bonchev–Trinajstić information content (AvgIpc) is 2.66. The van der Waals surface area contributed by atoms with E-state index in [0.717, 1.165) is 0 Å². The van der Waals surface area contributed by atoms with Gasteiger partial charge in [-0.1, -0.05) is 18.2 Å². The number of carbonyl (C=O) groups is 1. The second kappa shape index (κ2) is 7.94. The first kappa shape index (κ1) is 20.0. The van der Waals surface area contributed by atoms with Gasteiger partial charge in [-0.15, -0.1) is 0 Å². The summed E-state index contributed by atoms with van der Waals surface area (Å²) in [5.74, 6) is -1.05. The van der Waals surface area contributed by atoms with Crippen LogP contribution in [-0.4, -0.2) is 35.2 Å². The van der Waals surface area contributed by atoms with Crippen LogP contribution in [0.4, 0.5) is 4.39 Å². The van der Waals surface area contributed by atoms with Gasteiger partial charge in [0, 0.05) is 19.2 Å². The van der Waals surface area contributed by atoms with E-state index in [1.165, 1.54) is 50.6 Å². The van der Waals surface area contributed by atoms with Crippen molar-refractivity contribution < 1.29 is 27.1 Å². The number of halogens is 1. The Morgan fingerprint density at radius 3 is 2.27 bits per heavy atom. The minimum absolute atomic E-state index is 0.0304. The van der Waals surface area contributed by atoms with E-state index in [4.69, 9.17) is 4.74 Å². The normalized spacial score (nSPS) is 13.8. The molecule has 0 bridgehead atoms. The zero-order valence-electron chi connectivity index (χ0n) is 14.7. The van der Waals surface area contributed by atoms with Gasteiger partial charge in [0.25, 0.3) is 0 Å². The Morgan fingerprint density at radius 1 is 1.12 bits per heavy atom. The first-order valence-electron chi connectivity index (χ1n) is 7.72. The SMILES string of the molecule is COC(=O)c1ccc(S(=O)(=O)NC[C@](C)(OC)c2ccccc2F)cc1. The van der Waals surface area contributed by atoms with Gasteiger partial charge in [0.1, 0.15) is 11.4 Å². The summed E-state index contributed by atoms with van der Waals surface area (Å²) in [5.41, 5.74) is -0.713. The molecule has 140 valence electrons. The molecule has 0 aliphatic carbocycles. The van der Waals surface area contributed by atoms with Crippen molar-refractivity contribution in [2.45, 2.75) is 17.4 Å². The van der Waals surface area contributed by atoms with E-state index in [9.17, 15) is 17.6 Å². The second-order valence-corrected chi connectivity index (χ2v) is 7.52. The number of benzene rings is 2. The van der Waals surface area contributed by atoms with E-state index in [1.807, 2.05) is 0 Å². The van der Waals surface area contributed by atoms with Gasteiger partial charge >= 0.3 is 5.97 Å². The zero-order valence-corrected chi connectivity index (χ0v) is 15.5. The van der Waals surface area contributed by atoms with Crippen molar-refractivity contribution in [3.8, 4) is 0 Å². The fourth-order valence-electron chi connectivity index (χ4n) is 2.37. The highest BCUT2D eigenvalue weighted by atomic mass is 32.2. The first-order valence-corrected chi connectivity index (χ1v) is 9.20. The molecule has 0 amide bonds. The van der Waals surface area contributed by atoms with Crippen molar-refractivity contribution in [2.24, 2.45) is 0 Å². The minimum atomic E-state index is -3.88. The fraction of sp³-hybridized carbons (Fsp3) is 0.278. The summed E-state index contributed by atoms with van der Waals surface area (Å²) in [4.78, 5) is 11.4. The predicted molar refractivity (Wildman–Crippen MR) is 93.7 cm³/mol. The smallest absolute Gasteiger partial charge is 0.337 e. The second-order valence-electron chi connectivity index (χ2n) is 5.76. The van der Waals surface area contributed by atoms with Crippen LogP contribution in [0.2, 0.25) is 0 Å². The van der Waals surface area contributed by atoms with E-state index in [-0.39, 0.29) is 22.6 Å². The van der Waals surface area contributed by atoms with Crippen LogP contribution < -0.4 is 4.72 Å². The van der Waals surface area contributed by atoms with Gasteiger partial charge in [0.15, 0.2) is 0 Å². The fourth-order valence-corrected chi connectivity index (χ4v) is 3.50. The zero-order chi connectivity index (χ0) is 19.4. The molecule has 1 atom stereocenters. The Bertz CT molecular complexity index is 883. The molecular weight excluding hydrogens is 361 g/mol. The van der Waals surface area contributed by atoms with Crippen molar-refractivity contribution >= 4 is 16.0 Å². The molecule has 0 aliphatic heterocycles. The summed E-state index contributed by atoms with van der Waals surface area (Å²) in [5, 5.41) is 0. The molecule has 8 heteroatoms. The van der Waals surface area contributed by atoms with Crippen molar-refractivity contribution in [1.29, 1.82) is 0 Å². The molecule has 0 unspecified atom stereocenters. The quantitative estimate of drug-likeness (QED) is 0.745. The van der Waals surface area contributed by atoms with E-state index >= 15 is 0 Å². The van der Waals surface area contributed by atoms with E-state index in [0.29, 0.717) is 0 Å². The molecule has 2 rings (SSSR count). The van der Waals surface area contributed by atoms with Crippen molar-refractivity contribution in [1.82, 2.24) is 4.72 Å². The topological polar surface area (TPSA) is 81.7 Å². The van der Waals surface area contributed by atoms with Gasteiger partial charge in [-0.2, -0.15) is 0 Å². The Hall–Kier alpha value is -2.29. The third kappa shape index (κ3) is 4.27. The number of carbonyl (C=O) groups excluding carboxylic acids is 1. The molecule has 0 aliphatic rings. The molecule has 1 N–H and O–H groups in total. The third-order valence-corrected chi connectivity index (χ3v) is 5.50. The summed E-state index contributed by atoms with van der Waals surface area (Å²) in [6.07, 6.45) is 0. The van der Waals surface area contributed by atoms with Crippen LogP contribution in [0.15, 0.2) is 53.4 Å². The predicted octanol–water partition coefficient (Wildman–Crippen LogP) is 2.45. The highest BCUT2D eigenvalue weighted by Crippen LogP contribution is 2.27. The molecule has 0 spiro atoms. The van der Waals surface area contributed by atoms with Crippen LogP contribution in [0.1, 0.15) is 22.8 Å². The Kier molecular flexibility index (Phi) is 6.12. The lowest BCUT2D eigenvalue weighted by atomic mass is 9.95. The summed E-state index contributed by atoms with van der Waals surface area (Å²) in [7, 11) is -1.26. The van der Waals surface area contributed by atoms with Crippen LogP contribution >= 0.6 is 0 Å². The molecule has 0 radical (unpaired) electrons. The first-order chi connectivity index (χ1) is 12.2. The molecule has 6 nitrogen and oxygen atoms in total. The van der Waals surface area contributed by atoms with Gasteiger partial charge in [0.2, 0.25) is 10.0 Å². The van der Waals surface area contributed by atoms with Crippen molar-refractivity contribution in [3.05, 3.63) is 65.5 Å². The van der Waals surface area contributed by atoms with Gasteiger partial charge < -0.3 is 9.47 Å². The summed E-state index contributed by atoms with van der Waals surface area (Å²) in [6, 6.07) is 11.3. The van der Waals surface area contributed by atoms with Crippen LogP contribution in [0.5, 0.6) is 0 Å². The van der Waals surface area contributed by atoms with Crippen molar-refractivity contribution in [3.63, 3.8) is 0 Å². The summed E-state index contributed by atoms with van der Waals surface area (Å²) < 4.78 is 51.4. The van der Waals surface area contributed by atoms with Gasteiger partial charge in [-0.05, 0) is 37.3 Å². The van der Waals surface area contributed by atoms with Crippen molar-refractivity contribution in [2.75, 3.05) is 20.8 Å². The molecular formula is C18H20FNO5S. The summed E-state index contributed by atoms with van der Waals surface area (Å²) in [6.45, 7) is 1.42. The monoisotopic (exact) mass is 381 g/mol. The minimum Gasteiger partial charge on any atom is -0.465 e. The van der Waals surface area contributed by atoms with Crippen LogP contribution in [-0.2, 0) is 25.1 Å². The highest BCUT2D eigenvalue weighted by Gasteiger charge is 2.31. The molecule has 0 saturated carbocycles. The lowest BCUT2D eigenvalue weighted by molar-refractivity contribution is 0.00410. The van der Waals surface area contributed by atoms with Crippen LogP contribution in [0, 0.1) is 5.82 Å². The molecule has 0 heterocycles. The maximum atomic E-state index is 14.1. The Balaban J connectivity index is 2.21. The maximum absolute atomic E-state index is 14.1. The molecule has 0 fully saturated rings. The van der Waals surface area contributed by atoms with E-state index in [1.54, 1.807) is 19.1 Å². The van der Waals surface area contributed by atoms with E-state index < -0.39 is 27.4 Å². The number of hydrogen-bond acceptors (Lipinski definition) is 5. The van der Waals surface area contributed by atoms with Gasteiger partial charge in [-0.25, -0.2) is 22.3 Å². The molecule has 0 saturated heterocycles. The number of rotatable bonds is 7. The highest BCUT2D eigenvalue weighted by molar-refractivity contribution is 7.89. The van der Waals surface area contributed by atoms with Gasteiger partial charge in [0.05, 0.1) is 17.6 Å². The van der Waals surface area contributed by atoms with Gasteiger partial charge in [-0.3, -0.25) is 0 Å². The number of nitrogens with one attached hydrogen (secondary N) is 1. The average molecular weight is 381 g/mol. The maximum Gasteiger partial charge on any atom is 0.337 e. The Labute approximate surface area is 152 Å². The number of methoxy groups -OCH3 is 2. The lowest BCUT2D eigenvalue weighted by Crippen LogP contribution is -2.40. The number of hydrogen-bond donors (Lipinski definition) is 1. The number of sulfonamides is 1. The van der Waals surface area contributed by atoms with Crippen LogP contribution in [0.25, 0.3) is 0 Å². The molecule has 0 aromatic heterocycles. The standard InChI is InChI=1S/C18H20FNO5S/c1-18(25-3,15-6-4-5-7-16(15)19)12-20-26(22,23)14-10-8-13(9-11-14)17(21)24-2/h4-11,20H,12H2,1-3H3/t18-/m0/s1. The third-order valence-electron chi connectivity index (χ3n) is 4.08. The number of esters is 1. The number of ether oxygens (including phenoxy) is 2. The molecule has 2 aromatic rings. The van der Waals surface area contributed by atoms with E-state index in [2.05, 4.69) is 9.46 Å². The summed E-state index contributed by atoms with van der Waals surface area (Å²) >= 11 is 0. The van der Waals surface area contributed by atoms with Crippen LogP contribution in [0.3, 0.4) is 0 Å². The largest absolute Gasteiger partial charge is 0.465 e. The molecule has 2 aromatic carbocycles. The lowest BCUT2D eigenvalue weighted by Gasteiger charge is -2.29.